The van der Waals surface area contributed by atoms with Gasteiger partial charge in [-0.15, -0.1) is 11.8 Å². The van der Waals surface area contributed by atoms with Gasteiger partial charge >= 0.3 is 0 Å². The van der Waals surface area contributed by atoms with Crippen molar-refractivity contribution in [3.8, 4) is 0 Å². The minimum atomic E-state index is -0.313. The Morgan fingerprint density at radius 2 is 2.15 bits per heavy atom. The topological polar surface area (TPSA) is 46.3 Å². The van der Waals surface area contributed by atoms with Crippen molar-refractivity contribution in [3.63, 3.8) is 0 Å². The standard InChI is InChI=1S/C15H20N2OS2/c1-15(9-5-11-20-15)14(18)17(10-8-13(16)19)12-6-3-2-4-7-12/h2-4,6-7H,5,8-11H2,1H3,(H2,16,19). The van der Waals surface area contributed by atoms with Gasteiger partial charge in [-0.3, -0.25) is 4.79 Å². The Bertz CT molecular complexity index is 484. The van der Waals surface area contributed by atoms with E-state index >= 15 is 0 Å². The van der Waals surface area contributed by atoms with Crippen molar-refractivity contribution >= 4 is 40.6 Å². The third-order valence-corrected chi connectivity index (χ3v) is 5.28. The number of nitrogens with two attached hydrogens (primary N) is 1. The minimum absolute atomic E-state index is 0.169. The number of benzene rings is 1. The van der Waals surface area contributed by atoms with E-state index in [1.165, 1.54) is 0 Å². The largest absolute Gasteiger partial charge is 0.393 e. The normalized spacial score (nSPS) is 21.6. The predicted octanol–water partition coefficient (Wildman–Crippen LogP) is 2.98. The molecule has 0 bridgehead atoms. The number of hydrogen-bond acceptors (Lipinski definition) is 3. The first-order valence-electron chi connectivity index (χ1n) is 6.82. The third kappa shape index (κ3) is 3.52. The van der Waals surface area contributed by atoms with Crippen LogP contribution >= 0.6 is 24.0 Å². The van der Waals surface area contributed by atoms with E-state index in [-0.39, 0.29) is 10.7 Å². The van der Waals surface area contributed by atoms with Crippen LogP contribution in [0.25, 0.3) is 0 Å². The molecule has 0 saturated carbocycles. The quantitative estimate of drug-likeness (QED) is 0.850. The summed E-state index contributed by atoms with van der Waals surface area (Å²) < 4.78 is -0.313. The summed E-state index contributed by atoms with van der Waals surface area (Å²) in [7, 11) is 0. The summed E-state index contributed by atoms with van der Waals surface area (Å²) in [5, 5.41) is 0. The van der Waals surface area contributed by atoms with Gasteiger partial charge in [-0.1, -0.05) is 30.4 Å². The maximum absolute atomic E-state index is 12.9. The second-order valence-corrected chi connectivity index (χ2v) is 7.31. The third-order valence-electron chi connectivity index (χ3n) is 3.57. The van der Waals surface area contributed by atoms with Crippen molar-refractivity contribution in [3.05, 3.63) is 30.3 Å². The highest BCUT2D eigenvalue weighted by Gasteiger charge is 2.40. The second-order valence-electron chi connectivity index (χ2n) is 5.19. The van der Waals surface area contributed by atoms with Crippen molar-refractivity contribution in [1.82, 2.24) is 0 Å². The number of anilines is 1. The molecule has 1 heterocycles. The highest BCUT2D eigenvalue weighted by Crippen LogP contribution is 2.40. The number of thiocarbonyl (C=S) groups is 1. The van der Waals surface area contributed by atoms with Crippen LogP contribution < -0.4 is 10.6 Å². The van der Waals surface area contributed by atoms with Crippen molar-refractivity contribution < 1.29 is 4.79 Å². The molecule has 1 unspecified atom stereocenters. The summed E-state index contributed by atoms with van der Waals surface area (Å²) in [5.41, 5.74) is 6.51. The van der Waals surface area contributed by atoms with Crippen LogP contribution in [0.5, 0.6) is 0 Å². The van der Waals surface area contributed by atoms with E-state index in [0.717, 1.165) is 24.3 Å². The van der Waals surface area contributed by atoms with Crippen molar-refractivity contribution in [1.29, 1.82) is 0 Å². The molecule has 1 aliphatic rings. The molecule has 1 aromatic carbocycles. The van der Waals surface area contributed by atoms with Crippen LogP contribution in [-0.4, -0.2) is 27.9 Å². The molecule has 0 radical (unpaired) electrons. The smallest absolute Gasteiger partial charge is 0.242 e. The van der Waals surface area contributed by atoms with E-state index in [2.05, 4.69) is 0 Å². The van der Waals surface area contributed by atoms with Gasteiger partial charge in [-0.05, 0) is 37.7 Å². The van der Waals surface area contributed by atoms with E-state index in [1.54, 1.807) is 11.8 Å². The molecule has 1 atom stereocenters. The van der Waals surface area contributed by atoms with Crippen LogP contribution in [0.15, 0.2) is 30.3 Å². The Morgan fingerprint density at radius 3 is 2.70 bits per heavy atom. The van der Waals surface area contributed by atoms with Gasteiger partial charge < -0.3 is 10.6 Å². The lowest BCUT2D eigenvalue weighted by atomic mass is 10.0. The Morgan fingerprint density at radius 1 is 1.45 bits per heavy atom. The van der Waals surface area contributed by atoms with E-state index < -0.39 is 0 Å². The SMILES string of the molecule is CC1(C(=O)N(CCC(N)=S)c2ccccc2)CCCS1. The van der Waals surface area contributed by atoms with Crippen LogP contribution in [0.3, 0.4) is 0 Å². The fraction of sp³-hybridized carbons (Fsp3) is 0.467. The lowest BCUT2D eigenvalue weighted by Crippen LogP contribution is -2.45. The van der Waals surface area contributed by atoms with Crippen molar-refractivity contribution in [2.24, 2.45) is 5.73 Å². The molecule has 0 spiro atoms. The van der Waals surface area contributed by atoms with Crippen LogP contribution in [0.2, 0.25) is 0 Å². The van der Waals surface area contributed by atoms with Gasteiger partial charge in [0.05, 0.1) is 9.74 Å². The first-order chi connectivity index (χ1) is 9.53. The lowest BCUT2D eigenvalue weighted by molar-refractivity contribution is -0.120. The summed E-state index contributed by atoms with van der Waals surface area (Å²) in [6, 6.07) is 9.76. The zero-order chi connectivity index (χ0) is 14.6. The minimum Gasteiger partial charge on any atom is -0.393 e. The maximum Gasteiger partial charge on any atom is 0.242 e. The molecule has 108 valence electrons. The van der Waals surface area contributed by atoms with E-state index in [0.29, 0.717) is 18.0 Å². The Hall–Kier alpha value is -1.07. The monoisotopic (exact) mass is 308 g/mol. The van der Waals surface area contributed by atoms with Gasteiger partial charge in [0.25, 0.3) is 0 Å². The average molecular weight is 308 g/mol. The maximum atomic E-state index is 12.9. The molecule has 1 fully saturated rings. The van der Waals surface area contributed by atoms with Gasteiger partial charge in [0, 0.05) is 18.7 Å². The molecule has 3 nitrogen and oxygen atoms in total. The predicted molar refractivity (Wildman–Crippen MR) is 90.3 cm³/mol. The van der Waals surface area contributed by atoms with Gasteiger partial charge in [-0.2, -0.15) is 0 Å². The van der Waals surface area contributed by atoms with E-state index in [4.69, 9.17) is 18.0 Å². The van der Waals surface area contributed by atoms with Crippen LogP contribution in [-0.2, 0) is 4.79 Å². The number of carbonyl (C=O) groups is 1. The zero-order valence-corrected chi connectivity index (χ0v) is 13.3. The fourth-order valence-electron chi connectivity index (χ4n) is 2.41. The summed E-state index contributed by atoms with van der Waals surface area (Å²) in [6.07, 6.45) is 2.59. The number of nitrogens with zero attached hydrogens (tertiary/aromatic N) is 1. The van der Waals surface area contributed by atoms with Gasteiger partial charge in [-0.25, -0.2) is 0 Å². The number of para-hydroxylation sites is 1. The van der Waals surface area contributed by atoms with Crippen LogP contribution in [0, 0.1) is 0 Å². The Labute approximate surface area is 129 Å². The molecule has 0 aliphatic carbocycles. The van der Waals surface area contributed by atoms with Gasteiger partial charge in [0.15, 0.2) is 0 Å². The Kier molecular flexibility index (Phi) is 5.05. The molecule has 1 aliphatic heterocycles. The number of hydrogen-bond donors (Lipinski definition) is 1. The van der Waals surface area contributed by atoms with Crippen LogP contribution in [0.1, 0.15) is 26.2 Å². The summed E-state index contributed by atoms with van der Waals surface area (Å²) in [5.74, 6) is 1.22. The van der Waals surface area contributed by atoms with E-state index in [9.17, 15) is 4.79 Å². The summed E-state index contributed by atoms with van der Waals surface area (Å²) >= 11 is 6.70. The first-order valence-corrected chi connectivity index (χ1v) is 8.21. The molecule has 1 aromatic rings. The fourth-order valence-corrected chi connectivity index (χ4v) is 3.76. The molecule has 2 N–H and O–H groups in total. The second kappa shape index (κ2) is 6.59. The molecule has 0 aromatic heterocycles. The molecule has 5 heteroatoms. The molecule has 1 amide bonds. The number of amides is 1. The number of carbonyl (C=O) groups excluding carboxylic acids is 1. The lowest BCUT2D eigenvalue weighted by Gasteiger charge is -2.31. The van der Waals surface area contributed by atoms with Crippen molar-refractivity contribution in [2.45, 2.75) is 30.9 Å². The molecule has 2 rings (SSSR count). The summed E-state index contributed by atoms with van der Waals surface area (Å²) in [4.78, 5) is 15.2. The van der Waals surface area contributed by atoms with Crippen LogP contribution in [0.4, 0.5) is 5.69 Å². The van der Waals surface area contributed by atoms with Gasteiger partial charge in [0.1, 0.15) is 0 Å². The zero-order valence-electron chi connectivity index (χ0n) is 11.7. The highest BCUT2D eigenvalue weighted by atomic mass is 32.2. The first kappa shape index (κ1) is 15.3. The number of rotatable bonds is 5. The molecular weight excluding hydrogens is 288 g/mol. The molecule has 20 heavy (non-hydrogen) atoms. The highest BCUT2D eigenvalue weighted by molar-refractivity contribution is 8.01. The molecule has 1 saturated heterocycles. The Balaban J connectivity index is 2.22. The number of thioether (sulfide) groups is 1. The van der Waals surface area contributed by atoms with Crippen molar-refractivity contribution in [2.75, 3.05) is 17.2 Å². The van der Waals surface area contributed by atoms with E-state index in [1.807, 2.05) is 42.2 Å². The average Bonchev–Trinajstić information content (AvgIpc) is 2.88. The summed E-state index contributed by atoms with van der Waals surface area (Å²) in [6.45, 7) is 2.60. The van der Waals surface area contributed by atoms with Gasteiger partial charge in [0.2, 0.25) is 5.91 Å². The molecular formula is C15H20N2OS2.